The number of aromatic nitrogens is 1. The van der Waals surface area contributed by atoms with E-state index in [1.807, 2.05) is 6.92 Å². The molecular weight excluding hydrogens is 343 g/mol. The molecule has 0 aliphatic carbocycles. The highest BCUT2D eigenvalue weighted by molar-refractivity contribution is 7.89. The second-order valence-electron chi connectivity index (χ2n) is 5.14. The fourth-order valence-corrected chi connectivity index (χ4v) is 3.05. The van der Waals surface area contributed by atoms with E-state index in [0.717, 1.165) is 17.7 Å². The Labute approximate surface area is 137 Å². The number of hydrogen-bond donors (Lipinski definition) is 2. The SMILES string of the molecule is CCC(Nc1ccc(S(N)(=O)=O)c(C(F)(F)F)c1)c1ccncc1. The number of primary sulfonamides is 1. The van der Waals surface area contributed by atoms with Gasteiger partial charge in [-0.15, -0.1) is 0 Å². The lowest BCUT2D eigenvalue weighted by Crippen LogP contribution is -2.19. The minimum atomic E-state index is -4.84. The molecule has 0 aliphatic rings. The van der Waals surface area contributed by atoms with E-state index in [9.17, 15) is 21.6 Å². The van der Waals surface area contributed by atoms with Crippen molar-refractivity contribution in [3.63, 3.8) is 0 Å². The molecule has 0 spiro atoms. The quantitative estimate of drug-likeness (QED) is 0.858. The summed E-state index contributed by atoms with van der Waals surface area (Å²) in [6, 6.07) is 6.14. The highest BCUT2D eigenvalue weighted by atomic mass is 32.2. The van der Waals surface area contributed by atoms with Crippen molar-refractivity contribution in [2.45, 2.75) is 30.5 Å². The highest BCUT2D eigenvalue weighted by Crippen LogP contribution is 2.36. The van der Waals surface area contributed by atoms with Crippen LogP contribution < -0.4 is 10.5 Å². The molecule has 0 aliphatic heterocycles. The van der Waals surface area contributed by atoms with Crippen LogP contribution in [0.25, 0.3) is 0 Å². The predicted molar refractivity (Wildman–Crippen MR) is 83.7 cm³/mol. The molecule has 3 N–H and O–H groups in total. The molecule has 2 aromatic rings. The molecule has 1 atom stereocenters. The fraction of sp³-hybridized carbons (Fsp3) is 0.267. The first-order chi connectivity index (χ1) is 11.1. The van der Waals surface area contributed by atoms with Crippen LogP contribution in [-0.4, -0.2) is 13.4 Å². The van der Waals surface area contributed by atoms with Gasteiger partial charge in [0.1, 0.15) is 0 Å². The van der Waals surface area contributed by atoms with Crippen LogP contribution in [0.15, 0.2) is 47.6 Å². The topological polar surface area (TPSA) is 85.1 Å². The summed E-state index contributed by atoms with van der Waals surface area (Å²) < 4.78 is 62.2. The number of pyridine rings is 1. The maximum absolute atomic E-state index is 13.1. The molecule has 0 bridgehead atoms. The summed E-state index contributed by atoms with van der Waals surface area (Å²) in [6.45, 7) is 1.88. The van der Waals surface area contributed by atoms with Crippen LogP contribution in [-0.2, 0) is 16.2 Å². The lowest BCUT2D eigenvalue weighted by Gasteiger charge is -2.20. The van der Waals surface area contributed by atoms with E-state index < -0.39 is 26.7 Å². The molecule has 130 valence electrons. The molecule has 24 heavy (non-hydrogen) atoms. The Morgan fingerprint density at radius 3 is 2.33 bits per heavy atom. The molecule has 1 unspecified atom stereocenters. The maximum atomic E-state index is 13.1. The highest BCUT2D eigenvalue weighted by Gasteiger charge is 2.36. The second kappa shape index (κ2) is 6.78. The molecule has 1 aromatic carbocycles. The van der Waals surface area contributed by atoms with Crippen LogP contribution in [0.2, 0.25) is 0 Å². The van der Waals surface area contributed by atoms with E-state index in [0.29, 0.717) is 6.42 Å². The largest absolute Gasteiger partial charge is 0.417 e. The molecule has 0 amide bonds. The maximum Gasteiger partial charge on any atom is 0.417 e. The Morgan fingerprint density at radius 2 is 1.83 bits per heavy atom. The van der Waals surface area contributed by atoms with Gasteiger partial charge in [0, 0.05) is 18.1 Å². The number of nitrogens with one attached hydrogen (secondary N) is 1. The van der Waals surface area contributed by atoms with Crippen molar-refractivity contribution in [3.05, 3.63) is 53.9 Å². The van der Waals surface area contributed by atoms with Gasteiger partial charge in [-0.25, -0.2) is 13.6 Å². The van der Waals surface area contributed by atoms with Crippen LogP contribution in [0.3, 0.4) is 0 Å². The molecular formula is C15H16F3N3O2S. The summed E-state index contributed by atoms with van der Waals surface area (Å²) in [4.78, 5) is 2.95. The summed E-state index contributed by atoms with van der Waals surface area (Å²) >= 11 is 0. The van der Waals surface area contributed by atoms with Crippen LogP contribution >= 0.6 is 0 Å². The van der Waals surface area contributed by atoms with Crippen molar-refractivity contribution in [2.24, 2.45) is 5.14 Å². The number of sulfonamides is 1. The number of nitrogens with zero attached hydrogens (tertiary/aromatic N) is 1. The predicted octanol–water partition coefficient (Wildman–Crippen LogP) is 3.31. The average Bonchev–Trinajstić information content (AvgIpc) is 2.51. The monoisotopic (exact) mass is 359 g/mol. The van der Waals surface area contributed by atoms with Gasteiger partial charge in [0.05, 0.1) is 16.5 Å². The summed E-state index contributed by atoms with van der Waals surface area (Å²) in [5, 5.41) is 7.84. The molecule has 2 rings (SSSR count). The smallest absolute Gasteiger partial charge is 0.378 e. The van der Waals surface area contributed by atoms with Gasteiger partial charge in [-0.05, 0) is 42.3 Å². The lowest BCUT2D eigenvalue weighted by molar-refractivity contribution is -0.139. The zero-order chi connectivity index (χ0) is 18.0. The number of rotatable bonds is 5. The molecule has 0 fully saturated rings. The summed E-state index contributed by atoms with van der Waals surface area (Å²) in [7, 11) is -4.48. The van der Waals surface area contributed by atoms with Gasteiger partial charge in [0.15, 0.2) is 0 Å². The van der Waals surface area contributed by atoms with Crippen LogP contribution in [0.5, 0.6) is 0 Å². The van der Waals surface area contributed by atoms with Gasteiger partial charge in [0.25, 0.3) is 0 Å². The fourth-order valence-electron chi connectivity index (χ4n) is 2.31. The van der Waals surface area contributed by atoms with Crippen LogP contribution in [0.1, 0.15) is 30.5 Å². The summed E-state index contributed by atoms with van der Waals surface area (Å²) in [6.07, 6.45) is -1.05. The van der Waals surface area contributed by atoms with Crippen molar-refractivity contribution < 1.29 is 21.6 Å². The van der Waals surface area contributed by atoms with E-state index in [1.54, 1.807) is 24.5 Å². The van der Waals surface area contributed by atoms with Crippen molar-refractivity contribution in [1.82, 2.24) is 4.98 Å². The standard InChI is InChI=1S/C15H16F3N3O2S/c1-2-13(10-5-7-20-8-6-10)21-11-3-4-14(24(19,22)23)12(9-11)15(16,17)18/h3-9,13,21H,2H2,1H3,(H2,19,22,23). The van der Waals surface area contributed by atoms with E-state index >= 15 is 0 Å². The Kier molecular flexibility index (Phi) is 5.14. The zero-order valence-corrected chi connectivity index (χ0v) is 13.5. The first-order valence-electron chi connectivity index (χ1n) is 7.03. The number of alkyl halides is 3. The molecule has 5 nitrogen and oxygen atoms in total. The van der Waals surface area contributed by atoms with Crippen molar-refractivity contribution in [3.8, 4) is 0 Å². The zero-order valence-electron chi connectivity index (χ0n) is 12.7. The first kappa shape index (κ1) is 18.2. The molecule has 1 aromatic heterocycles. The molecule has 0 saturated heterocycles. The number of anilines is 1. The third kappa shape index (κ3) is 4.24. The van der Waals surface area contributed by atoms with Crippen LogP contribution in [0, 0.1) is 0 Å². The summed E-state index contributed by atoms with van der Waals surface area (Å²) in [5.41, 5.74) is -0.283. The third-order valence-electron chi connectivity index (χ3n) is 3.45. The molecule has 1 heterocycles. The van der Waals surface area contributed by atoms with E-state index in [4.69, 9.17) is 5.14 Å². The summed E-state index contributed by atoms with van der Waals surface area (Å²) in [5.74, 6) is 0. The Hall–Kier alpha value is -2.13. The van der Waals surface area contributed by atoms with E-state index in [-0.39, 0.29) is 11.7 Å². The average molecular weight is 359 g/mol. The lowest BCUT2D eigenvalue weighted by atomic mass is 10.1. The van der Waals surface area contributed by atoms with Crippen molar-refractivity contribution in [1.29, 1.82) is 0 Å². The Bertz CT molecular complexity index is 808. The van der Waals surface area contributed by atoms with Crippen molar-refractivity contribution in [2.75, 3.05) is 5.32 Å². The first-order valence-corrected chi connectivity index (χ1v) is 8.58. The van der Waals surface area contributed by atoms with E-state index in [1.165, 1.54) is 6.07 Å². The van der Waals surface area contributed by atoms with Gasteiger partial charge in [-0.3, -0.25) is 4.98 Å². The number of nitrogens with two attached hydrogens (primary N) is 1. The number of halogens is 3. The van der Waals surface area contributed by atoms with Gasteiger partial charge in [-0.2, -0.15) is 13.2 Å². The van der Waals surface area contributed by atoms with Crippen LogP contribution in [0.4, 0.5) is 18.9 Å². The van der Waals surface area contributed by atoms with Gasteiger partial charge in [-0.1, -0.05) is 6.92 Å². The van der Waals surface area contributed by atoms with E-state index in [2.05, 4.69) is 10.3 Å². The van der Waals surface area contributed by atoms with Crippen molar-refractivity contribution >= 4 is 15.7 Å². The molecule has 9 heteroatoms. The normalized spacial score (nSPS) is 13.5. The third-order valence-corrected chi connectivity index (χ3v) is 4.42. The minimum absolute atomic E-state index is 0.151. The number of hydrogen-bond acceptors (Lipinski definition) is 4. The minimum Gasteiger partial charge on any atom is -0.378 e. The Balaban J connectivity index is 2.42. The number of benzene rings is 1. The van der Waals surface area contributed by atoms with Gasteiger partial charge < -0.3 is 5.32 Å². The molecule has 0 radical (unpaired) electrons. The van der Waals surface area contributed by atoms with Gasteiger partial charge >= 0.3 is 6.18 Å². The Morgan fingerprint density at radius 1 is 1.21 bits per heavy atom. The molecule has 0 saturated carbocycles. The second-order valence-corrected chi connectivity index (χ2v) is 6.67. The van der Waals surface area contributed by atoms with Gasteiger partial charge in [0.2, 0.25) is 10.0 Å².